The quantitative estimate of drug-likeness (QED) is 0.873. The van der Waals surface area contributed by atoms with Gasteiger partial charge in [-0.3, -0.25) is 4.79 Å². The number of rotatable bonds is 3. The van der Waals surface area contributed by atoms with Crippen molar-refractivity contribution in [3.63, 3.8) is 0 Å². The number of amides is 1. The Hall–Kier alpha value is -1.46. The molecule has 20 heavy (non-hydrogen) atoms. The summed E-state index contributed by atoms with van der Waals surface area (Å²) in [6.45, 7) is 6.93. The Kier molecular flexibility index (Phi) is 4.40. The first-order chi connectivity index (χ1) is 9.43. The lowest BCUT2D eigenvalue weighted by Gasteiger charge is -2.12. The molecule has 0 aliphatic rings. The monoisotopic (exact) mass is 292 g/mol. The van der Waals surface area contributed by atoms with Crippen LogP contribution in [0.15, 0.2) is 29.3 Å². The number of benzene rings is 1. The van der Waals surface area contributed by atoms with Crippen molar-refractivity contribution in [2.24, 2.45) is 10.4 Å². The fourth-order valence-electron chi connectivity index (χ4n) is 1.76. The Morgan fingerprint density at radius 1 is 1.35 bits per heavy atom. The van der Waals surface area contributed by atoms with Gasteiger partial charge in [0.05, 0.1) is 16.8 Å². The van der Waals surface area contributed by atoms with E-state index in [1.165, 1.54) is 11.3 Å². The Labute approximate surface area is 122 Å². The zero-order valence-corrected chi connectivity index (χ0v) is 13.2. The molecule has 0 unspecified atom stereocenters. The molecule has 2 rings (SSSR count). The lowest BCUT2D eigenvalue weighted by Crippen LogP contribution is -2.24. The Morgan fingerprint density at radius 2 is 2.05 bits per heavy atom. The van der Waals surface area contributed by atoms with Crippen molar-refractivity contribution < 1.29 is 9.53 Å². The zero-order valence-electron chi connectivity index (χ0n) is 12.3. The number of carbonyl (C=O) groups excluding carboxylic acids is 1. The molecule has 4 nitrogen and oxygen atoms in total. The molecular formula is C15H20N2O2S. The van der Waals surface area contributed by atoms with Crippen LogP contribution in [0.5, 0.6) is 0 Å². The van der Waals surface area contributed by atoms with Crippen LogP contribution in [0.4, 0.5) is 0 Å². The summed E-state index contributed by atoms with van der Waals surface area (Å²) in [4.78, 5) is 17.2. The molecule has 2 aromatic rings. The number of hydrogen-bond donors (Lipinski definition) is 0. The SMILES string of the molecule is COCCn1c(=NC(=O)C(C)(C)C)sc2ccccc21. The largest absolute Gasteiger partial charge is 0.383 e. The second kappa shape index (κ2) is 5.89. The van der Waals surface area contributed by atoms with Crippen LogP contribution < -0.4 is 4.80 Å². The summed E-state index contributed by atoms with van der Waals surface area (Å²) in [5, 5.41) is 0. The van der Waals surface area contributed by atoms with Gasteiger partial charge in [-0.2, -0.15) is 4.99 Å². The minimum Gasteiger partial charge on any atom is -0.383 e. The maximum atomic E-state index is 12.1. The molecule has 0 fully saturated rings. The molecule has 5 heteroatoms. The van der Waals surface area contributed by atoms with Crippen molar-refractivity contribution in [2.45, 2.75) is 27.3 Å². The maximum absolute atomic E-state index is 12.1. The molecule has 0 spiro atoms. The number of methoxy groups -OCH3 is 1. The van der Waals surface area contributed by atoms with Crippen molar-refractivity contribution in [3.05, 3.63) is 29.1 Å². The van der Waals surface area contributed by atoms with E-state index in [2.05, 4.69) is 4.99 Å². The van der Waals surface area contributed by atoms with E-state index in [-0.39, 0.29) is 5.91 Å². The molecule has 0 saturated carbocycles. The van der Waals surface area contributed by atoms with Crippen LogP contribution in [0, 0.1) is 5.41 Å². The van der Waals surface area contributed by atoms with Gasteiger partial charge in [0.25, 0.3) is 5.91 Å². The molecule has 1 aromatic carbocycles. The number of fused-ring (bicyclic) bond motifs is 1. The van der Waals surface area contributed by atoms with Gasteiger partial charge in [-0.25, -0.2) is 0 Å². The van der Waals surface area contributed by atoms with Crippen LogP contribution in [0.1, 0.15) is 20.8 Å². The van der Waals surface area contributed by atoms with Gasteiger partial charge in [-0.1, -0.05) is 44.2 Å². The predicted octanol–water partition coefficient (Wildman–Crippen LogP) is 2.82. The summed E-state index contributed by atoms with van der Waals surface area (Å²) in [5.41, 5.74) is 0.630. The first-order valence-electron chi connectivity index (χ1n) is 6.60. The number of ether oxygens (including phenoxy) is 1. The number of carbonyl (C=O) groups is 1. The van der Waals surface area contributed by atoms with Crippen LogP contribution in [0.2, 0.25) is 0 Å². The van der Waals surface area contributed by atoms with E-state index < -0.39 is 5.41 Å². The van der Waals surface area contributed by atoms with E-state index in [4.69, 9.17) is 4.74 Å². The number of thiazole rings is 1. The van der Waals surface area contributed by atoms with E-state index in [1.54, 1.807) is 7.11 Å². The lowest BCUT2D eigenvalue weighted by molar-refractivity contribution is -0.125. The van der Waals surface area contributed by atoms with Crippen LogP contribution >= 0.6 is 11.3 Å². The summed E-state index contributed by atoms with van der Waals surface area (Å²) in [5.74, 6) is -0.102. The molecule has 1 aromatic heterocycles. The van der Waals surface area contributed by atoms with Gasteiger partial charge in [-0.05, 0) is 12.1 Å². The zero-order chi connectivity index (χ0) is 14.8. The molecule has 108 valence electrons. The second-order valence-electron chi connectivity index (χ2n) is 5.66. The minimum atomic E-state index is -0.463. The molecule has 0 bridgehead atoms. The third-order valence-electron chi connectivity index (χ3n) is 2.95. The highest BCUT2D eigenvalue weighted by molar-refractivity contribution is 7.16. The molecule has 0 radical (unpaired) electrons. The first-order valence-corrected chi connectivity index (χ1v) is 7.41. The number of nitrogens with zero attached hydrogens (tertiary/aromatic N) is 2. The highest BCUT2D eigenvalue weighted by Gasteiger charge is 2.21. The van der Waals surface area contributed by atoms with Crippen molar-refractivity contribution in [1.82, 2.24) is 4.57 Å². The van der Waals surface area contributed by atoms with E-state index in [1.807, 2.05) is 49.6 Å². The number of aromatic nitrogens is 1. The molecule has 0 N–H and O–H groups in total. The third-order valence-corrected chi connectivity index (χ3v) is 4.01. The van der Waals surface area contributed by atoms with Crippen LogP contribution in [-0.4, -0.2) is 24.2 Å². The van der Waals surface area contributed by atoms with Gasteiger partial charge in [-0.15, -0.1) is 0 Å². The minimum absolute atomic E-state index is 0.102. The molecule has 0 aliphatic heterocycles. The predicted molar refractivity (Wildman–Crippen MR) is 81.7 cm³/mol. The molecule has 0 aliphatic carbocycles. The third kappa shape index (κ3) is 3.16. The summed E-state index contributed by atoms with van der Waals surface area (Å²) in [6, 6.07) is 8.08. The van der Waals surface area contributed by atoms with Gasteiger partial charge >= 0.3 is 0 Å². The van der Waals surface area contributed by atoms with Crippen LogP contribution in [0.3, 0.4) is 0 Å². The van der Waals surface area contributed by atoms with E-state index in [9.17, 15) is 4.79 Å². The van der Waals surface area contributed by atoms with Gasteiger partial charge in [0.15, 0.2) is 4.80 Å². The van der Waals surface area contributed by atoms with E-state index >= 15 is 0 Å². The van der Waals surface area contributed by atoms with Crippen LogP contribution in [0.25, 0.3) is 10.2 Å². The summed E-state index contributed by atoms with van der Waals surface area (Å²) >= 11 is 1.54. The number of hydrogen-bond acceptors (Lipinski definition) is 3. The maximum Gasteiger partial charge on any atom is 0.253 e. The average Bonchev–Trinajstić information content (AvgIpc) is 2.72. The fourth-order valence-corrected chi connectivity index (χ4v) is 2.81. The topological polar surface area (TPSA) is 43.6 Å². The summed E-state index contributed by atoms with van der Waals surface area (Å²) < 4.78 is 8.33. The molecular weight excluding hydrogens is 272 g/mol. The summed E-state index contributed by atoms with van der Waals surface area (Å²) in [7, 11) is 1.67. The van der Waals surface area contributed by atoms with Crippen molar-refractivity contribution >= 4 is 27.5 Å². The molecule has 1 amide bonds. The average molecular weight is 292 g/mol. The molecule has 0 atom stereocenters. The number of para-hydroxylation sites is 1. The highest BCUT2D eigenvalue weighted by Crippen LogP contribution is 2.18. The smallest absolute Gasteiger partial charge is 0.253 e. The second-order valence-corrected chi connectivity index (χ2v) is 6.67. The molecule has 1 heterocycles. The van der Waals surface area contributed by atoms with Crippen LogP contribution in [-0.2, 0) is 16.1 Å². The first kappa shape index (κ1) is 14.9. The van der Waals surface area contributed by atoms with Crippen molar-refractivity contribution in [1.29, 1.82) is 0 Å². The summed E-state index contributed by atoms with van der Waals surface area (Å²) in [6.07, 6.45) is 0. The Morgan fingerprint density at radius 3 is 2.70 bits per heavy atom. The normalized spacial score (nSPS) is 13.1. The van der Waals surface area contributed by atoms with Crippen molar-refractivity contribution in [3.8, 4) is 0 Å². The van der Waals surface area contributed by atoms with E-state index in [0.29, 0.717) is 13.2 Å². The highest BCUT2D eigenvalue weighted by atomic mass is 32.1. The van der Waals surface area contributed by atoms with Gasteiger partial charge < -0.3 is 9.30 Å². The lowest BCUT2D eigenvalue weighted by atomic mass is 9.96. The van der Waals surface area contributed by atoms with Gasteiger partial charge in [0, 0.05) is 19.1 Å². The fraction of sp³-hybridized carbons (Fsp3) is 0.467. The van der Waals surface area contributed by atoms with E-state index in [0.717, 1.165) is 15.0 Å². The van der Waals surface area contributed by atoms with Crippen molar-refractivity contribution in [2.75, 3.05) is 13.7 Å². The Balaban J connectivity index is 2.57. The van der Waals surface area contributed by atoms with Gasteiger partial charge in [0.2, 0.25) is 0 Å². The Bertz CT molecular complexity index is 677. The molecule has 0 saturated heterocycles. The standard InChI is InChI=1S/C15H20N2O2S/c1-15(2,3)13(18)16-14-17(9-10-19-4)11-7-5-6-8-12(11)20-14/h5-8H,9-10H2,1-4H3. The van der Waals surface area contributed by atoms with Gasteiger partial charge in [0.1, 0.15) is 0 Å².